The number of aryl methyl sites for hydroxylation is 1. The Bertz CT molecular complexity index is 578. The highest BCUT2D eigenvalue weighted by molar-refractivity contribution is 6.03. The van der Waals surface area contributed by atoms with E-state index in [0.29, 0.717) is 11.5 Å². The number of pyridine rings is 1. The Hall–Kier alpha value is -2.17. The number of fused-ring (bicyclic) bond motifs is 1. The summed E-state index contributed by atoms with van der Waals surface area (Å²) in [5.41, 5.74) is 1.37. The van der Waals surface area contributed by atoms with E-state index < -0.39 is 0 Å². The van der Waals surface area contributed by atoms with Gasteiger partial charge in [0.1, 0.15) is 11.6 Å². The lowest BCUT2D eigenvalue weighted by Gasteiger charge is -2.02. The molecule has 0 bridgehead atoms. The van der Waals surface area contributed by atoms with E-state index in [2.05, 4.69) is 15.5 Å². The Morgan fingerprint density at radius 2 is 2.11 bits per heavy atom. The molecule has 98 valence electrons. The van der Waals surface area contributed by atoms with Gasteiger partial charge in [0.25, 0.3) is 5.91 Å². The van der Waals surface area contributed by atoms with Crippen molar-refractivity contribution in [3.63, 3.8) is 0 Å². The normalized spacial score (nSPS) is 14.5. The van der Waals surface area contributed by atoms with Gasteiger partial charge < -0.3 is 9.84 Å². The number of carbonyl (C=O) groups is 1. The van der Waals surface area contributed by atoms with Gasteiger partial charge in [0.2, 0.25) is 0 Å². The van der Waals surface area contributed by atoms with Crippen LogP contribution in [0.1, 0.15) is 41.1 Å². The van der Waals surface area contributed by atoms with Crippen LogP contribution in [0.3, 0.4) is 0 Å². The van der Waals surface area contributed by atoms with E-state index in [-0.39, 0.29) is 5.91 Å². The van der Waals surface area contributed by atoms with Gasteiger partial charge in [-0.3, -0.25) is 4.79 Å². The summed E-state index contributed by atoms with van der Waals surface area (Å²) in [7, 11) is 0. The van der Waals surface area contributed by atoms with Gasteiger partial charge in [0.05, 0.1) is 0 Å². The second-order valence-electron chi connectivity index (χ2n) is 4.66. The minimum Gasteiger partial charge on any atom is -0.360 e. The van der Waals surface area contributed by atoms with Crippen molar-refractivity contribution in [2.45, 2.75) is 32.1 Å². The summed E-state index contributed by atoms with van der Waals surface area (Å²) in [6, 6.07) is 5.38. The maximum Gasteiger partial charge on any atom is 0.279 e. The summed E-state index contributed by atoms with van der Waals surface area (Å²) in [6.45, 7) is 0. The average molecular weight is 257 g/mol. The predicted octanol–water partition coefficient (Wildman–Crippen LogP) is 2.59. The van der Waals surface area contributed by atoms with Gasteiger partial charge in [-0.2, -0.15) is 0 Å². The number of amides is 1. The minimum absolute atomic E-state index is 0.245. The molecule has 2 aromatic heterocycles. The van der Waals surface area contributed by atoms with Gasteiger partial charge in [0.15, 0.2) is 5.69 Å². The Kier molecular flexibility index (Phi) is 3.27. The van der Waals surface area contributed by atoms with Crippen LogP contribution in [0.4, 0.5) is 5.82 Å². The second-order valence-corrected chi connectivity index (χ2v) is 4.66. The maximum atomic E-state index is 12.2. The van der Waals surface area contributed by atoms with Gasteiger partial charge in [-0.1, -0.05) is 17.6 Å². The van der Waals surface area contributed by atoms with E-state index in [1.165, 1.54) is 6.42 Å². The van der Waals surface area contributed by atoms with Crippen molar-refractivity contribution in [1.29, 1.82) is 0 Å². The number of carbonyl (C=O) groups excluding carboxylic acids is 1. The van der Waals surface area contributed by atoms with E-state index >= 15 is 0 Å². The largest absolute Gasteiger partial charge is 0.360 e. The highest BCUT2D eigenvalue weighted by Gasteiger charge is 2.23. The van der Waals surface area contributed by atoms with Crippen molar-refractivity contribution >= 4 is 11.7 Å². The number of nitrogens with zero attached hydrogens (tertiary/aromatic N) is 2. The summed E-state index contributed by atoms with van der Waals surface area (Å²) < 4.78 is 5.29. The molecule has 5 heteroatoms. The first-order valence-corrected chi connectivity index (χ1v) is 6.54. The number of hydrogen-bond acceptors (Lipinski definition) is 4. The first-order chi connectivity index (χ1) is 9.34. The fraction of sp³-hybridized carbons (Fsp3) is 0.357. The van der Waals surface area contributed by atoms with Gasteiger partial charge in [-0.05, 0) is 31.4 Å². The molecule has 1 aliphatic carbocycles. The summed E-state index contributed by atoms with van der Waals surface area (Å²) in [5.74, 6) is 1.15. The molecule has 0 aliphatic heterocycles. The highest BCUT2D eigenvalue weighted by Crippen LogP contribution is 2.24. The molecule has 0 radical (unpaired) electrons. The summed E-state index contributed by atoms with van der Waals surface area (Å²) in [4.78, 5) is 16.3. The van der Waals surface area contributed by atoms with Gasteiger partial charge in [-0.25, -0.2) is 4.98 Å². The van der Waals surface area contributed by atoms with Crippen LogP contribution in [0.25, 0.3) is 0 Å². The summed E-state index contributed by atoms with van der Waals surface area (Å²) in [5, 5.41) is 6.66. The van der Waals surface area contributed by atoms with E-state index in [1.54, 1.807) is 18.3 Å². The lowest BCUT2D eigenvalue weighted by Crippen LogP contribution is -2.15. The predicted molar refractivity (Wildman–Crippen MR) is 70.0 cm³/mol. The van der Waals surface area contributed by atoms with Gasteiger partial charge in [-0.15, -0.1) is 0 Å². The molecular formula is C14H15N3O2. The Balaban J connectivity index is 1.82. The Labute approximate surface area is 111 Å². The van der Waals surface area contributed by atoms with Crippen LogP contribution in [0, 0.1) is 0 Å². The van der Waals surface area contributed by atoms with Crippen LogP contribution in [-0.2, 0) is 12.8 Å². The Morgan fingerprint density at radius 1 is 1.21 bits per heavy atom. The van der Waals surface area contributed by atoms with Crippen molar-refractivity contribution in [3.05, 3.63) is 41.4 Å². The molecule has 2 aromatic rings. The monoisotopic (exact) mass is 257 g/mol. The summed E-state index contributed by atoms with van der Waals surface area (Å²) in [6.07, 6.45) is 6.73. The number of anilines is 1. The van der Waals surface area contributed by atoms with E-state index in [0.717, 1.165) is 37.0 Å². The molecule has 0 unspecified atom stereocenters. The molecule has 1 N–H and O–H groups in total. The molecule has 1 aliphatic rings. The molecule has 1 amide bonds. The topological polar surface area (TPSA) is 68.0 Å². The smallest absolute Gasteiger partial charge is 0.279 e. The maximum absolute atomic E-state index is 12.2. The molecule has 5 nitrogen and oxygen atoms in total. The molecule has 19 heavy (non-hydrogen) atoms. The SMILES string of the molecule is O=C(Nc1ccccn1)c1noc2c1CCCCC2. The first-order valence-electron chi connectivity index (χ1n) is 6.54. The molecule has 0 fully saturated rings. The third kappa shape index (κ3) is 2.50. The van der Waals surface area contributed by atoms with Crippen molar-refractivity contribution < 1.29 is 9.32 Å². The fourth-order valence-corrected chi connectivity index (χ4v) is 2.35. The Morgan fingerprint density at radius 3 is 2.95 bits per heavy atom. The molecule has 0 atom stereocenters. The average Bonchev–Trinajstić information content (AvgIpc) is 2.69. The van der Waals surface area contributed by atoms with Crippen molar-refractivity contribution in [2.24, 2.45) is 0 Å². The fourth-order valence-electron chi connectivity index (χ4n) is 2.35. The quantitative estimate of drug-likeness (QED) is 0.840. The van der Waals surface area contributed by atoms with Crippen LogP contribution < -0.4 is 5.32 Å². The third-order valence-corrected chi connectivity index (χ3v) is 3.32. The second kappa shape index (κ2) is 5.22. The standard InChI is InChI=1S/C14H15N3O2/c18-14(16-12-8-4-5-9-15-12)13-10-6-2-1-3-7-11(10)19-17-13/h4-5,8-9H,1-3,6-7H2,(H,15,16,18). The van der Waals surface area contributed by atoms with Gasteiger partial charge in [0, 0.05) is 18.2 Å². The minimum atomic E-state index is -0.245. The lowest BCUT2D eigenvalue weighted by molar-refractivity contribution is 0.101. The van der Waals surface area contributed by atoms with Crippen LogP contribution in [0.15, 0.2) is 28.9 Å². The lowest BCUT2D eigenvalue weighted by atomic mass is 10.1. The van der Waals surface area contributed by atoms with Crippen LogP contribution in [0.2, 0.25) is 0 Å². The molecule has 0 spiro atoms. The zero-order valence-corrected chi connectivity index (χ0v) is 10.6. The molecule has 0 saturated carbocycles. The number of aromatic nitrogens is 2. The van der Waals surface area contributed by atoms with Crippen LogP contribution in [-0.4, -0.2) is 16.0 Å². The van der Waals surface area contributed by atoms with Crippen molar-refractivity contribution in [3.8, 4) is 0 Å². The van der Waals surface area contributed by atoms with Crippen molar-refractivity contribution in [1.82, 2.24) is 10.1 Å². The van der Waals surface area contributed by atoms with Crippen LogP contribution in [0.5, 0.6) is 0 Å². The molecule has 3 rings (SSSR count). The molecule has 0 saturated heterocycles. The molecule has 2 heterocycles. The third-order valence-electron chi connectivity index (χ3n) is 3.32. The molecular weight excluding hydrogens is 242 g/mol. The zero-order valence-electron chi connectivity index (χ0n) is 10.6. The summed E-state index contributed by atoms with van der Waals surface area (Å²) >= 11 is 0. The van der Waals surface area contributed by atoms with Gasteiger partial charge >= 0.3 is 0 Å². The zero-order chi connectivity index (χ0) is 13.1. The van der Waals surface area contributed by atoms with Crippen LogP contribution >= 0.6 is 0 Å². The van der Waals surface area contributed by atoms with E-state index in [4.69, 9.17) is 4.52 Å². The van der Waals surface area contributed by atoms with E-state index in [9.17, 15) is 4.79 Å². The molecule has 0 aromatic carbocycles. The van der Waals surface area contributed by atoms with Crippen molar-refractivity contribution in [2.75, 3.05) is 5.32 Å². The number of rotatable bonds is 2. The number of hydrogen-bond donors (Lipinski definition) is 1. The highest BCUT2D eigenvalue weighted by atomic mass is 16.5. The number of nitrogens with one attached hydrogen (secondary N) is 1. The van der Waals surface area contributed by atoms with E-state index in [1.807, 2.05) is 6.07 Å². The first kappa shape index (κ1) is 11.9.